The molecule has 2 aromatic heterocycles. The zero-order valence-corrected chi connectivity index (χ0v) is 15.1. The molecule has 4 nitrogen and oxygen atoms in total. The number of aryl methyl sites for hydroxylation is 1. The molecule has 0 aliphatic heterocycles. The second-order valence-electron chi connectivity index (χ2n) is 5.80. The van der Waals surface area contributed by atoms with Crippen molar-refractivity contribution in [2.75, 3.05) is 12.4 Å². The number of hydrogen-bond acceptors (Lipinski definition) is 5. The lowest BCUT2D eigenvalue weighted by atomic mass is 10.0. The van der Waals surface area contributed by atoms with Gasteiger partial charge in [0.15, 0.2) is 0 Å². The first kappa shape index (κ1) is 16.5. The predicted octanol–water partition coefficient (Wildman–Crippen LogP) is 5.56. The van der Waals surface area contributed by atoms with E-state index in [4.69, 9.17) is 4.74 Å². The maximum Gasteiger partial charge on any atom is 0.143 e. The molecule has 0 saturated carbocycles. The number of nitrogens with zero attached hydrogens (tertiary/aromatic N) is 2. The summed E-state index contributed by atoms with van der Waals surface area (Å²) in [6.07, 6.45) is 1.55. The minimum absolute atomic E-state index is 0.253. The smallest absolute Gasteiger partial charge is 0.143 e. The number of benzene rings is 2. The maximum atomic E-state index is 13.3. The molecule has 0 amide bonds. The lowest BCUT2D eigenvalue weighted by molar-refractivity contribution is 0.415. The molecule has 0 aliphatic rings. The number of ether oxygens (including phenoxy) is 1. The minimum atomic E-state index is -0.253. The van der Waals surface area contributed by atoms with E-state index in [2.05, 4.69) is 15.3 Å². The molecule has 0 bridgehead atoms. The highest BCUT2D eigenvalue weighted by Crippen LogP contribution is 2.41. The number of halogens is 1. The molecule has 130 valence electrons. The van der Waals surface area contributed by atoms with Crippen LogP contribution in [0.5, 0.6) is 5.75 Å². The van der Waals surface area contributed by atoms with Gasteiger partial charge in [-0.25, -0.2) is 14.4 Å². The largest absolute Gasteiger partial charge is 0.497 e. The monoisotopic (exact) mass is 365 g/mol. The third kappa shape index (κ3) is 2.99. The van der Waals surface area contributed by atoms with Crippen LogP contribution in [0, 0.1) is 12.7 Å². The Balaban J connectivity index is 1.86. The third-order valence-corrected chi connectivity index (χ3v) is 5.14. The molecule has 26 heavy (non-hydrogen) atoms. The van der Waals surface area contributed by atoms with Crippen molar-refractivity contribution in [3.05, 3.63) is 65.6 Å². The highest BCUT2D eigenvalue weighted by molar-refractivity contribution is 7.19. The maximum absolute atomic E-state index is 13.3. The Morgan fingerprint density at radius 2 is 1.88 bits per heavy atom. The number of fused-ring (bicyclic) bond motifs is 1. The number of thiophene rings is 1. The van der Waals surface area contributed by atoms with Gasteiger partial charge in [0.05, 0.1) is 12.5 Å². The minimum Gasteiger partial charge on any atom is -0.497 e. The Morgan fingerprint density at radius 1 is 1.08 bits per heavy atom. The van der Waals surface area contributed by atoms with Gasteiger partial charge in [0.1, 0.15) is 28.5 Å². The molecule has 0 aliphatic carbocycles. The van der Waals surface area contributed by atoms with E-state index < -0.39 is 0 Å². The van der Waals surface area contributed by atoms with Gasteiger partial charge in [0, 0.05) is 22.2 Å². The molecule has 6 heteroatoms. The first-order valence-corrected chi connectivity index (χ1v) is 8.88. The summed E-state index contributed by atoms with van der Waals surface area (Å²) in [5.41, 5.74) is 2.84. The number of aromatic nitrogens is 2. The van der Waals surface area contributed by atoms with Crippen molar-refractivity contribution in [1.82, 2.24) is 9.97 Å². The molecule has 1 N–H and O–H groups in total. The van der Waals surface area contributed by atoms with Crippen LogP contribution in [0.25, 0.3) is 21.3 Å². The fraction of sp³-hybridized carbons (Fsp3) is 0.100. The van der Waals surface area contributed by atoms with Gasteiger partial charge in [-0.1, -0.05) is 18.2 Å². The lowest BCUT2D eigenvalue weighted by Gasteiger charge is -2.10. The Labute approximate surface area is 154 Å². The molecule has 4 aromatic rings. The van der Waals surface area contributed by atoms with Gasteiger partial charge < -0.3 is 10.1 Å². The molecule has 2 heterocycles. The average molecular weight is 365 g/mol. The molecular formula is C20H16FN3OS. The van der Waals surface area contributed by atoms with Crippen LogP contribution >= 0.6 is 11.3 Å². The van der Waals surface area contributed by atoms with Crippen LogP contribution in [0.3, 0.4) is 0 Å². The van der Waals surface area contributed by atoms with E-state index in [0.29, 0.717) is 5.82 Å². The van der Waals surface area contributed by atoms with Crippen molar-refractivity contribution < 1.29 is 9.13 Å². The van der Waals surface area contributed by atoms with E-state index in [0.717, 1.165) is 37.7 Å². The van der Waals surface area contributed by atoms with E-state index in [1.807, 2.05) is 31.2 Å². The zero-order chi connectivity index (χ0) is 18.1. The highest BCUT2D eigenvalue weighted by atomic mass is 32.1. The van der Waals surface area contributed by atoms with Crippen molar-refractivity contribution in [1.29, 1.82) is 0 Å². The molecule has 0 saturated heterocycles. The second-order valence-corrected chi connectivity index (χ2v) is 7.00. The number of methoxy groups -OCH3 is 1. The van der Waals surface area contributed by atoms with Gasteiger partial charge in [-0.2, -0.15) is 0 Å². The van der Waals surface area contributed by atoms with E-state index in [1.165, 1.54) is 12.1 Å². The number of rotatable bonds is 4. The van der Waals surface area contributed by atoms with Crippen molar-refractivity contribution in [2.45, 2.75) is 6.92 Å². The molecular weight excluding hydrogens is 349 g/mol. The fourth-order valence-corrected chi connectivity index (χ4v) is 3.95. The first-order valence-electron chi connectivity index (χ1n) is 8.07. The Bertz CT molecular complexity index is 1080. The van der Waals surface area contributed by atoms with Crippen molar-refractivity contribution >= 4 is 33.1 Å². The Hall–Kier alpha value is -2.99. The summed E-state index contributed by atoms with van der Waals surface area (Å²) >= 11 is 1.60. The molecule has 0 atom stereocenters. The van der Waals surface area contributed by atoms with Gasteiger partial charge in [-0.15, -0.1) is 11.3 Å². The van der Waals surface area contributed by atoms with Gasteiger partial charge in [-0.05, 0) is 36.8 Å². The van der Waals surface area contributed by atoms with Crippen LogP contribution in [-0.2, 0) is 0 Å². The van der Waals surface area contributed by atoms with Crippen molar-refractivity contribution in [3.63, 3.8) is 0 Å². The number of anilines is 2. The third-order valence-electron chi connectivity index (χ3n) is 4.13. The predicted molar refractivity (Wildman–Crippen MR) is 104 cm³/mol. The average Bonchev–Trinajstić information content (AvgIpc) is 2.99. The summed E-state index contributed by atoms with van der Waals surface area (Å²) in [4.78, 5) is 10.9. The summed E-state index contributed by atoms with van der Waals surface area (Å²) in [6.45, 7) is 2.04. The molecule has 0 fully saturated rings. The summed E-state index contributed by atoms with van der Waals surface area (Å²) in [7, 11) is 1.64. The lowest BCUT2D eigenvalue weighted by Crippen LogP contribution is -1.96. The van der Waals surface area contributed by atoms with E-state index >= 15 is 0 Å². The molecule has 2 aromatic carbocycles. The second kappa shape index (κ2) is 6.72. The normalized spacial score (nSPS) is 10.9. The highest BCUT2D eigenvalue weighted by Gasteiger charge is 2.17. The SMILES string of the molecule is COc1cccc(Nc2ncnc3sc(C)c(-c4ccc(F)cc4)c23)c1. The van der Waals surface area contributed by atoms with Crippen LogP contribution in [0.15, 0.2) is 54.9 Å². The zero-order valence-electron chi connectivity index (χ0n) is 14.3. The van der Waals surface area contributed by atoms with Crippen LogP contribution in [0.4, 0.5) is 15.9 Å². The van der Waals surface area contributed by atoms with E-state index in [9.17, 15) is 4.39 Å². The topological polar surface area (TPSA) is 47.0 Å². The summed E-state index contributed by atoms with van der Waals surface area (Å²) in [5.74, 6) is 1.23. The number of nitrogens with one attached hydrogen (secondary N) is 1. The summed E-state index contributed by atoms with van der Waals surface area (Å²) in [5, 5.41) is 4.29. The van der Waals surface area contributed by atoms with E-state index in [1.54, 1.807) is 36.9 Å². The van der Waals surface area contributed by atoms with Gasteiger partial charge in [0.2, 0.25) is 0 Å². The first-order chi connectivity index (χ1) is 12.7. The number of hydrogen-bond donors (Lipinski definition) is 1. The van der Waals surface area contributed by atoms with Crippen LogP contribution in [-0.4, -0.2) is 17.1 Å². The summed E-state index contributed by atoms with van der Waals surface area (Å²) in [6, 6.07) is 14.2. The van der Waals surface area contributed by atoms with Crippen LogP contribution in [0.1, 0.15) is 4.88 Å². The fourth-order valence-electron chi connectivity index (χ4n) is 2.94. The molecule has 0 spiro atoms. The van der Waals surface area contributed by atoms with Crippen LogP contribution in [0.2, 0.25) is 0 Å². The van der Waals surface area contributed by atoms with Crippen molar-refractivity contribution in [2.24, 2.45) is 0 Å². The van der Waals surface area contributed by atoms with Crippen LogP contribution < -0.4 is 10.1 Å². The van der Waals surface area contributed by atoms with Gasteiger partial charge in [-0.3, -0.25) is 0 Å². The quantitative estimate of drug-likeness (QED) is 0.514. The van der Waals surface area contributed by atoms with E-state index in [-0.39, 0.29) is 5.82 Å². The molecule has 4 rings (SSSR count). The van der Waals surface area contributed by atoms with Gasteiger partial charge in [0.25, 0.3) is 0 Å². The van der Waals surface area contributed by atoms with Crippen molar-refractivity contribution in [3.8, 4) is 16.9 Å². The Morgan fingerprint density at radius 3 is 2.65 bits per heavy atom. The molecule has 0 radical (unpaired) electrons. The standard InChI is InChI=1S/C20H16FN3OS/c1-12-17(13-6-8-14(21)9-7-13)18-19(22-11-23-20(18)26-12)24-15-4-3-5-16(10-15)25-2/h3-11H,1-2H3,(H,22,23,24). The Kier molecular flexibility index (Phi) is 4.26. The summed E-state index contributed by atoms with van der Waals surface area (Å²) < 4.78 is 18.6. The molecule has 0 unspecified atom stereocenters. The van der Waals surface area contributed by atoms with Gasteiger partial charge >= 0.3 is 0 Å².